The van der Waals surface area contributed by atoms with Crippen molar-refractivity contribution in [2.24, 2.45) is 0 Å². The number of carbonyl (C=O) groups excluding carboxylic acids is 1. The van der Waals surface area contributed by atoms with Crippen molar-refractivity contribution in [1.29, 1.82) is 0 Å². The summed E-state index contributed by atoms with van der Waals surface area (Å²) in [4.78, 5) is 12.0. The van der Waals surface area contributed by atoms with Gasteiger partial charge in [-0.25, -0.2) is 8.42 Å². The number of hydrogen-bond donors (Lipinski definition) is 2. The molecule has 0 aliphatic rings. The van der Waals surface area contributed by atoms with Gasteiger partial charge >= 0.3 is 0 Å². The zero-order chi connectivity index (χ0) is 20.6. The zero-order valence-electron chi connectivity index (χ0n) is 16.0. The summed E-state index contributed by atoms with van der Waals surface area (Å²) in [5.74, 6) is -0.130. The normalized spacial score (nSPS) is 10.9. The molecule has 0 bridgehead atoms. The molecule has 0 aromatic heterocycles. The summed E-state index contributed by atoms with van der Waals surface area (Å²) in [5.41, 5.74) is 1.18. The summed E-state index contributed by atoms with van der Waals surface area (Å²) in [5, 5.41) is 5.71. The second-order valence-electron chi connectivity index (χ2n) is 6.29. The van der Waals surface area contributed by atoms with Crippen molar-refractivity contribution in [2.45, 2.75) is 37.5 Å². The number of hydrogen-bond acceptors (Lipinski definition) is 4. The van der Waals surface area contributed by atoms with Crippen molar-refractivity contribution in [3.8, 4) is 0 Å². The Balaban J connectivity index is 1.99. The third-order valence-corrected chi connectivity index (χ3v) is 6.15. The van der Waals surface area contributed by atoms with Gasteiger partial charge in [-0.3, -0.25) is 9.10 Å². The first-order chi connectivity index (χ1) is 13.3. The lowest BCUT2D eigenvalue weighted by molar-refractivity contribution is -0.119. The van der Waals surface area contributed by atoms with Crippen LogP contribution in [0.3, 0.4) is 0 Å². The van der Waals surface area contributed by atoms with E-state index in [0.717, 1.165) is 19.3 Å². The molecule has 2 aromatic rings. The Kier molecular flexibility index (Phi) is 7.95. The van der Waals surface area contributed by atoms with E-state index in [9.17, 15) is 13.2 Å². The quantitative estimate of drug-likeness (QED) is 0.501. The van der Waals surface area contributed by atoms with E-state index in [-0.39, 0.29) is 15.9 Å². The molecule has 0 unspecified atom stereocenters. The first-order valence-electron chi connectivity index (χ1n) is 9.09. The number of para-hydroxylation sites is 1. The predicted molar refractivity (Wildman–Crippen MR) is 117 cm³/mol. The molecule has 2 aromatic carbocycles. The average molecular weight is 420 g/mol. The van der Waals surface area contributed by atoms with Crippen LogP contribution in [0.15, 0.2) is 59.5 Å². The Morgan fingerprint density at radius 2 is 1.68 bits per heavy atom. The molecule has 0 spiro atoms. The maximum Gasteiger partial charge on any atom is 0.264 e. The van der Waals surface area contributed by atoms with Gasteiger partial charge < -0.3 is 10.6 Å². The number of nitrogens with zero attached hydrogens (tertiary/aromatic N) is 1. The van der Waals surface area contributed by atoms with Crippen LogP contribution in [0.4, 0.5) is 11.4 Å². The van der Waals surface area contributed by atoms with Crippen molar-refractivity contribution in [1.82, 2.24) is 5.32 Å². The SMILES string of the molecule is CCCCCC(=O)NC(=S)Nc1ccc(S(=O)(=O)N(C)c2ccccc2)cc1. The number of sulfonamides is 1. The van der Waals surface area contributed by atoms with Crippen LogP contribution in [0.25, 0.3) is 0 Å². The van der Waals surface area contributed by atoms with Gasteiger partial charge in [0.05, 0.1) is 10.6 Å². The van der Waals surface area contributed by atoms with Gasteiger partial charge in [0.2, 0.25) is 5.91 Å². The number of rotatable bonds is 8. The Labute approximate surface area is 172 Å². The molecule has 2 rings (SSSR count). The van der Waals surface area contributed by atoms with E-state index in [1.165, 1.54) is 23.5 Å². The summed E-state index contributed by atoms with van der Waals surface area (Å²) in [6.07, 6.45) is 3.30. The molecule has 8 heteroatoms. The van der Waals surface area contributed by atoms with Crippen LogP contribution < -0.4 is 14.9 Å². The molecule has 0 heterocycles. The van der Waals surface area contributed by atoms with Crippen LogP contribution in [0.1, 0.15) is 32.6 Å². The first kappa shape index (κ1) is 21.8. The van der Waals surface area contributed by atoms with Crippen LogP contribution >= 0.6 is 12.2 Å². The smallest absolute Gasteiger partial charge is 0.264 e. The molecule has 0 atom stereocenters. The number of nitrogens with one attached hydrogen (secondary N) is 2. The van der Waals surface area contributed by atoms with Crippen LogP contribution in [0, 0.1) is 0 Å². The van der Waals surface area contributed by atoms with Gasteiger partial charge in [-0.2, -0.15) is 0 Å². The van der Waals surface area contributed by atoms with Gasteiger partial charge in [-0.05, 0) is 55.0 Å². The van der Waals surface area contributed by atoms with Gasteiger partial charge in [0.15, 0.2) is 5.11 Å². The summed E-state index contributed by atoms with van der Waals surface area (Å²) >= 11 is 5.13. The lowest BCUT2D eigenvalue weighted by Crippen LogP contribution is -2.33. The average Bonchev–Trinajstić information content (AvgIpc) is 2.68. The molecule has 0 aliphatic heterocycles. The second kappa shape index (κ2) is 10.2. The molecule has 1 amide bonds. The maximum absolute atomic E-state index is 12.8. The van der Waals surface area contributed by atoms with Crippen LogP contribution in [0.2, 0.25) is 0 Å². The fourth-order valence-corrected chi connectivity index (χ4v) is 3.96. The van der Waals surface area contributed by atoms with Crippen molar-refractivity contribution >= 4 is 44.6 Å². The van der Waals surface area contributed by atoms with E-state index in [1.807, 2.05) is 6.07 Å². The van der Waals surface area contributed by atoms with Crippen LogP contribution in [-0.2, 0) is 14.8 Å². The Morgan fingerprint density at radius 3 is 2.29 bits per heavy atom. The molecule has 0 fully saturated rings. The highest BCUT2D eigenvalue weighted by molar-refractivity contribution is 7.92. The van der Waals surface area contributed by atoms with E-state index < -0.39 is 10.0 Å². The molecule has 0 saturated carbocycles. The topological polar surface area (TPSA) is 78.5 Å². The van der Waals surface area contributed by atoms with Crippen LogP contribution in [-0.4, -0.2) is 26.5 Å². The Morgan fingerprint density at radius 1 is 1.04 bits per heavy atom. The molecule has 6 nitrogen and oxygen atoms in total. The monoisotopic (exact) mass is 419 g/mol. The van der Waals surface area contributed by atoms with E-state index in [2.05, 4.69) is 17.6 Å². The number of benzene rings is 2. The minimum Gasteiger partial charge on any atom is -0.332 e. The van der Waals surface area contributed by atoms with E-state index in [0.29, 0.717) is 17.8 Å². The minimum absolute atomic E-state index is 0.130. The summed E-state index contributed by atoms with van der Waals surface area (Å²) in [6.45, 7) is 2.07. The highest BCUT2D eigenvalue weighted by Crippen LogP contribution is 2.22. The predicted octanol–water partition coefficient (Wildman–Crippen LogP) is 3.91. The number of unbranched alkanes of at least 4 members (excludes halogenated alkanes) is 2. The van der Waals surface area contributed by atoms with Gasteiger partial charge in [0.1, 0.15) is 0 Å². The number of thiocarbonyl (C=S) groups is 1. The maximum atomic E-state index is 12.8. The molecular weight excluding hydrogens is 394 g/mol. The number of amides is 1. The third-order valence-electron chi connectivity index (χ3n) is 4.15. The minimum atomic E-state index is -3.67. The number of carbonyl (C=O) groups is 1. The van der Waals surface area contributed by atoms with Crippen molar-refractivity contribution in [2.75, 3.05) is 16.7 Å². The molecule has 28 heavy (non-hydrogen) atoms. The van der Waals surface area contributed by atoms with Gasteiger partial charge in [0, 0.05) is 19.2 Å². The summed E-state index contributed by atoms with van der Waals surface area (Å²) in [7, 11) is -2.15. The van der Waals surface area contributed by atoms with Crippen molar-refractivity contribution in [3.05, 3.63) is 54.6 Å². The van der Waals surface area contributed by atoms with Gasteiger partial charge in [-0.1, -0.05) is 38.0 Å². The zero-order valence-corrected chi connectivity index (χ0v) is 17.6. The second-order valence-corrected chi connectivity index (χ2v) is 8.67. The summed E-state index contributed by atoms with van der Waals surface area (Å²) < 4.78 is 26.8. The highest BCUT2D eigenvalue weighted by atomic mass is 32.2. The van der Waals surface area contributed by atoms with E-state index in [1.54, 1.807) is 36.4 Å². The Bertz CT molecular complexity index is 898. The van der Waals surface area contributed by atoms with E-state index >= 15 is 0 Å². The largest absolute Gasteiger partial charge is 0.332 e. The molecule has 150 valence electrons. The van der Waals surface area contributed by atoms with E-state index in [4.69, 9.17) is 12.2 Å². The fraction of sp³-hybridized carbons (Fsp3) is 0.300. The lowest BCUT2D eigenvalue weighted by atomic mass is 10.2. The molecule has 0 radical (unpaired) electrons. The fourth-order valence-electron chi connectivity index (χ4n) is 2.53. The van der Waals surface area contributed by atoms with Crippen LogP contribution in [0.5, 0.6) is 0 Å². The summed E-state index contributed by atoms with van der Waals surface area (Å²) in [6, 6.07) is 15.1. The molecule has 2 N–H and O–H groups in total. The van der Waals surface area contributed by atoms with Gasteiger partial charge in [-0.15, -0.1) is 0 Å². The standard InChI is InChI=1S/C20H25N3O3S2/c1-3-4-6-11-19(24)22-20(27)21-16-12-14-18(15-13-16)28(25,26)23(2)17-9-7-5-8-10-17/h5,7-10,12-15H,3-4,6,11H2,1-2H3,(H2,21,22,24,27). The Hall–Kier alpha value is -2.45. The molecule has 0 aliphatic carbocycles. The van der Waals surface area contributed by atoms with Gasteiger partial charge in [0.25, 0.3) is 10.0 Å². The third kappa shape index (κ3) is 6.03. The van der Waals surface area contributed by atoms with Crippen molar-refractivity contribution in [3.63, 3.8) is 0 Å². The molecule has 0 saturated heterocycles. The lowest BCUT2D eigenvalue weighted by Gasteiger charge is -2.19. The number of anilines is 2. The highest BCUT2D eigenvalue weighted by Gasteiger charge is 2.21. The molecular formula is C20H25N3O3S2. The first-order valence-corrected chi connectivity index (χ1v) is 10.9. The van der Waals surface area contributed by atoms with Crippen molar-refractivity contribution < 1.29 is 13.2 Å².